The van der Waals surface area contributed by atoms with Crippen molar-refractivity contribution in [2.75, 3.05) is 42.9 Å². The molecule has 0 aliphatic carbocycles. The number of fused-ring (bicyclic) bond motifs is 1. The predicted molar refractivity (Wildman–Crippen MR) is 135 cm³/mol. The van der Waals surface area contributed by atoms with Crippen molar-refractivity contribution in [3.8, 4) is 17.1 Å². The summed E-state index contributed by atoms with van der Waals surface area (Å²) >= 11 is 0. The molecule has 38 heavy (non-hydrogen) atoms. The second-order valence-electron chi connectivity index (χ2n) is 10.1. The molecule has 1 spiro atoms. The first-order chi connectivity index (χ1) is 18.4. The van der Waals surface area contributed by atoms with Crippen molar-refractivity contribution in [3.05, 3.63) is 36.3 Å². The fraction of sp³-hybridized carbons (Fsp3) is 0.480. The maximum absolute atomic E-state index is 12.7. The summed E-state index contributed by atoms with van der Waals surface area (Å²) in [7, 11) is 0. The molecule has 0 saturated carbocycles. The van der Waals surface area contributed by atoms with Gasteiger partial charge < -0.3 is 25.2 Å². The summed E-state index contributed by atoms with van der Waals surface area (Å²) in [6.45, 7) is 4.24. The van der Waals surface area contributed by atoms with Gasteiger partial charge in [0.2, 0.25) is 5.91 Å². The van der Waals surface area contributed by atoms with E-state index in [0.717, 1.165) is 69.2 Å². The van der Waals surface area contributed by atoms with Crippen LogP contribution in [0.15, 0.2) is 30.6 Å². The molecule has 6 rings (SSSR count). The van der Waals surface area contributed by atoms with Crippen molar-refractivity contribution in [2.24, 2.45) is 5.41 Å². The van der Waals surface area contributed by atoms with E-state index in [9.17, 15) is 13.6 Å². The molecule has 0 atom stereocenters. The molecule has 2 saturated heterocycles. The largest absolute Gasteiger partial charge is 0.435 e. The van der Waals surface area contributed by atoms with Gasteiger partial charge in [-0.15, -0.1) is 0 Å². The van der Waals surface area contributed by atoms with Crippen LogP contribution in [0.1, 0.15) is 25.5 Å². The van der Waals surface area contributed by atoms with E-state index in [1.54, 1.807) is 13.1 Å². The fourth-order valence-electron chi connectivity index (χ4n) is 5.47. The van der Waals surface area contributed by atoms with E-state index in [-0.39, 0.29) is 17.1 Å². The van der Waals surface area contributed by atoms with Crippen LogP contribution in [-0.2, 0) is 17.9 Å². The molecule has 3 aromatic heterocycles. The summed E-state index contributed by atoms with van der Waals surface area (Å²) in [6.07, 6.45) is 5.12. The Morgan fingerprint density at radius 3 is 2.74 bits per heavy atom. The molecule has 3 aliphatic heterocycles. The summed E-state index contributed by atoms with van der Waals surface area (Å²) in [6, 6.07) is 4.62. The molecule has 200 valence electrons. The lowest BCUT2D eigenvalue weighted by Gasteiger charge is -2.54. The zero-order valence-corrected chi connectivity index (χ0v) is 21.0. The van der Waals surface area contributed by atoms with Gasteiger partial charge in [-0.05, 0) is 18.9 Å². The van der Waals surface area contributed by atoms with Crippen molar-refractivity contribution >= 4 is 23.4 Å². The Morgan fingerprint density at radius 1 is 1.16 bits per heavy atom. The van der Waals surface area contributed by atoms with Gasteiger partial charge in [-0.1, -0.05) is 0 Å². The van der Waals surface area contributed by atoms with E-state index in [1.165, 1.54) is 18.3 Å². The maximum atomic E-state index is 12.7. The van der Waals surface area contributed by atoms with Gasteiger partial charge in [0.25, 0.3) is 0 Å². The predicted octanol–water partition coefficient (Wildman–Crippen LogP) is 2.63. The van der Waals surface area contributed by atoms with Crippen molar-refractivity contribution in [1.29, 1.82) is 0 Å². The van der Waals surface area contributed by atoms with E-state index >= 15 is 0 Å². The topological polar surface area (TPSA) is 113 Å². The van der Waals surface area contributed by atoms with Crippen LogP contribution >= 0.6 is 0 Å². The first-order valence-electron chi connectivity index (χ1n) is 12.7. The molecule has 1 amide bonds. The third-order valence-corrected chi connectivity index (χ3v) is 7.55. The molecule has 3 aromatic rings. The molecular formula is C25H29F2N9O2. The van der Waals surface area contributed by atoms with E-state index in [4.69, 9.17) is 9.97 Å². The van der Waals surface area contributed by atoms with Crippen molar-refractivity contribution in [1.82, 2.24) is 34.9 Å². The normalized spacial score (nSPS) is 18.3. The van der Waals surface area contributed by atoms with E-state index < -0.39 is 6.61 Å². The van der Waals surface area contributed by atoms with Crippen LogP contribution in [0.2, 0.25) is 0 Å². The highest BCUT2D eigenvalue weighted by Gasteiger charge is 2.46. The quantitative estimate of drug-likeness (QED) is 0.501. The third kappa shape index (κ3) is 4.85. The number of aromatic nitrogens is 5. The second kappa shape index (κ2) is 9.78. The smallest absolute Gasteiger partial charge is 0.387 e. The van der Waals surface area contributed by atoms with Crippen LogP contribution < -0.4 is 20.3 Å². The van der Waals surface area contributed by atoms with Crippen LogP contribution in [-0.4, -0.2) is 74.9 Å². The first-order valence-corrected chi connectivity index (χ1v) is 12.7. The molecular weight excluding hydrogens is 496 g/mol. The number of rotatable bonds is 6. The van der Waals surface area contributed by atoms with Crippen LogP contribution in [0, 0.1) is 5.41 Å². The first kappa shape index (κ1) is 24.5. The SMILES string of the molecule is CC(=O)N1CCC2(CC1)CN(c1cc(Nc3cc(OC(F)F)ccn3)nc(-c3cnn4c3CNCC4)n1)C2. The van der Waals surface area contributed by atoms with Crippen LogP contribution in [0.5, 0.6) is 5.75 Å². The van der Waals surface area contributed by atoms with Gasteiger partial charge >= 0.3 is 6.61 Å². The Kier molecular flexibility index (Phi) is 6.30. The molecule has 3 aliphatic rings. The minimum absolute atomic E-state index is 0.00497. The number of anilines is 3. The number of piperidine rings is 1. The highest BCUT2D eigenvalue weighted by molar-refractivity contribution is 5.73. The Morgan fingerprint density at radius 2 is 1.97 bits per heavy atom. The summed E-state index contributed by atoms with van der Waals surface area (Å²) < 4.78 is 31.9. The molecule has 0 unspecified atom stereocenters. The molecule has 0 aromatic carbocycles. The number of ether oxygens (including phenoxy) is 1. The maximum Gasteiger partial charge on any atom is 0.387 e. The van der Waals surface area contributed by atoms with Gasteiger partial charge in [0.05, 0.1) is 24.0 Å². The number of carbonyl (C=O) groups excluding carboxylic acids is 1. The standard InChI is InChI=1S/C25H29F2N9O2/c1-16(37)34-7-3-25(4-8-34)14-35(15-25)22-11-21(31-20-10-17(2-5-29-20)38-24(26)27)32-23(33-22)18-12-30-36-9-6-28-13-19(18)36/h2,5,10-12,24,28H,3-4,6-9,13-15H2,1H3,(H,29,31,32,33). The Bertz CT molecular complexity index is 1330. The number of nitrogens with zero attached hydrogens (tertiary/aromatic N) is 7. The lowest BCUT2D eigenvalue weighted by Crippen LogP contribution is -2.61. The van der Waals surface area contributed by atoms with Crippen molar-refractivity contribution in [2.45, 2.75) is 39.5 Å². The lowest BCUT2D eigenvalue weighted by molar-refractivity contribution is -0.131. The molecule has 2 N–H and O–H groups in total. The molecule has 6 heterocycles. The molecule has 13 heteroatoms. The van der Waals surface area contributed by atoms with Gasteiger partial charge in [-0.3, -0.25) is 9.48 Å². The Labute approximate surface area is 218 Å². The van der Waals surface area contributed by atoms with Crippen LogP contribution in [0.3, 0.4) is 0 Å². The summed E-state index contributed by atoms with van der Waals surface area (Å²) in [5.74, 6) is 2.24. The zero-order chi connectivity index (χ0) is 26.3. The van der Waals surface area contributed by atoms with Gasteiger partial charge in [0, 0.05) is 69.9 Å². The van der Waals surface area contributed by atoms with Gasteiger partial charge in [-0.2, -0.15) is 13.9 Å². The monoisotopic (exact) mass is 525 g/mol. The number of carbonyl (C=O) groups is 1. The number of hydrogen-bond acceptors (Lipinski definition) is 9. The van der Waals surface area contributed by atoms with Gasteiger partial charge in [-0.25, -0.2) is 15.0 Å². The lowest BCUT2D eigenvalue weighted by atomic mass is 9.72. The van der Waals surface area contributed by atoms with E-state index in [0.29, 0.717) is 24.0 Å². The highest BCUT2D eigenvalue weighted by Crippen LogP contribution is 2.43. The average Bonchev–Trinajstić information content (AvgIpc) is 3.31. The minimum Gasteiger partial charge on any atom is -0.435 e. The number of nitrogens with one attached hydrogen (secondary N) is 2. The van der Waals surface area contributed by atoms with Crippen LogP contribution in [0.25, 0.3) is 11.4 Å². The highest BCUT2D eigenvalue weighted by atomic mass is 19.3. The third-order valence-electron chi connectivity index (χ3n) is 7.55. The number of likely N-dealkylation sites (tertiary alicyclic amines) is 1. The molecule has 0 bridgehead atoms. The number of halogens is 2. The number of hydrogen-bond donors (Lipinski definition) is 2. The van der Waals surface area contributed by atoms with Gasteiger partial charge in [0.1, 0.15) is 23.2 Å². The van der Waals surface area contributed by atoms with Crippen molar-refractivity contribution in [3.63, 3.8) is 0 Å². The van der Waals surface area contributed by atoms with Gasteiger partial charge in [0.15, 0.2) is 5.82 Å². The summed E-state index contributed by atoms with van der Waals surface area (Å²) in [4.78, 5) is 29.8. The fourth-order valence-corrected chi connectivity index (χ4v) is 5.47. The van der Waals surface area contributed by atoms with Crippen molar-refractivity contribution < 1.29 is 18.3 Å². The van der Waals surface area contributed by atoms with Crippen LogP contribution in [0.4, 0.5) is 26.2 Å². The minimum atomic E-state index is -2.93. The zero-order valence-electron chi connectivity index (χ0n) is 21.0. The molecule has 2 fully saturated rings. The Hall–Kier alpha value is -3.87. The molecule has 11 nitrogen and oxygen atoms in total. The van der Waals surface area contributed by atoms with E-state index in [2.05, 4.69) is 30.4 Å². The number of pyridine rings is 1. The van der Waals surface area contributed by atoms with E-state index in [1.807, 2.05) is 15.6 Å². The molecule has 0 radical (unpaired) electrons. The second-order valence-corrected chi connectivity index (χ2v) is 10.1. The summed E-state index contributed by atoms with van der Waals surface area (Å²) in [5.41, 5.74) is 2.03. The number of amides is 1. The summed E-state index contributed by atoms with van der Waals surface area (Å²) in [5, 5.41) is 11.0. The average molecular weight is 526 g/mol. The Balaban J connectivity index is 1.28. The number of alkyl halides is 2.